The Morgan fingerprint density at radius 1 is 1.00 bits per heavy atom. The van der Waals surface area contributed by atoms with E-state index in [4.69, 9.17) is 16.7 Å². The zero-order valence-corrected chi connectivity index (χ0v) is 11.2. The molecule has 4 nitrogen and oxygen atoms in total. The predicted octanol–water partition coefficient (Wildman–Crippen LogP) is 1.48. The number of alkyl halides is 1. The summed E-state index contributed by atoms with van der Waals surface area (Å²) in [6, 6.07) is 0. The van der Waals surface area contributed by atoms with E-state index in [9.17, 15) is 8.42 Å². The van der Waals surface area contributed by atoms with Crippen molar-refractivity contribution in [3.05, 3.63) is 0 Å². The van der Waals surface area contributed by atoms with Crippen molar-refractivity contribution in [2.24, 2.45) is 0 Å². The molecular formula is C10H22ClNO3S. The van der Waals surface area contributed by atoms with Crippen LogP contribution in [0.4, 0.5) is 0 Å². The van der Waals surface area contributed by atoms with Crippen LogP contribution in [0.5, 0.6) is 0 Å². The molecule has 16 heavy (non-hydrogen) atoms. The predicted molar refractivity (Wildman–Crippen MR) is 67.3 cm³/mol. The van der Waals surface area contributed by atoms with Gasteiger partial charge < -0.3 is 5.11 Å². The Morgan fingerprint density at radius 3 is 2.12 bits per heavy atom. The van der Waals surface area contributed by atoms with Crippen LogP contribution in [0.3, 0.4) is 0 Å². The molecule has 2 N–H and O–H groups in total. The molecule has 0 aliphatic carbocycles. The maximum Gasteiger partial charge on any atom is 0.211 e. The van der Waals surface area contributed by atoms with Crippen LogP contribution in [0.25, 0.3) is 0 Å². The van der Waals surface area contributed by atoms with E-state index in [-0.39, 0.29) is 18.9 Å². The number of hydrogen-bond donors (Lipinski definition) is 2. The van der Waals surface area contributed by atoms with Gasteiger partial charge >= 0.3 is 0 Å². The minimum absolute atomic E-state index is 0.109. The van der Waals surface area contributed by atoms with Crippen LogP contribution >= 0.6 is 11.6 Å². The van der Waals surface area contributed by atoms with Gasteiger partial charge in [-0.1, -0.05) is 25.7 Å². The number of sulfonamides is 1. The van der Waals surface area contributed by atoms with E-state index in [2.05, 4.69) is 4.72 Å². The number of aliphatic hydroxyl groups excluding tert-OH is 1. The molecule has 0 saturated carbocycles. The summed E-state index contributed by atoms with van der Waals surface area (Å²) in [7, 11) is -3.17. The summed E-state index contributed by atoms with van der Waals surface area (Å²) < 4.78 is 24.9. The lowest BCUT2D eigenvalue weighted by molar-refractivity contribution is 0.301. The van der Waals surface area contributed by atoms with Crippen LogP contribution in [0, 0.1) is 0 Å². The van der Waals surface area contributed by atoms with Gasteiger partial charge in [0, 0.05) is 12.4 Å². The number of rotatable bonds is 11. The van der Waals surface area contributed by atoms with E-state index in [1.54, 1.807) is 0 Å². The first-order valence-electron chi connectivity index (χ1n) is 5.76. The lowest BCUT2D eigenvalue weighted by Crippen LogP contribution is -2.28. The van der Waals surface area contributed by atoms with Crippen LogP contribution in [0.15, 0.2) is 0 Å². The Labute approximate surface area is 103 Å². The Kier molecular flexibility index (Phi) is 10.4. The zero-order chi connectivity index (χ0) is 12.3. The van der Waals surface area contributed by atoms with Crippen molar-refractivity contribution in [2.45, 2.75) is 38.5 Å². The van der Waals surface area contributed by atoms with Crippen LogP contribution in [0.1, 0.15) is 38.5 Å². The Morgan fingerprint density at radius 2 is 1.56 bits per heavy atom. The SMILES string of the molecule is O=S(=O)(CCCCCCCCCl)NCCO. The third kappa shape index (κ3) is 10.7. The van der Waals surface area contributed by atoms with E-state index in [1.165, 1.54) is 0 Å². The van der Waals surface area contributed by atoms with Crippen LogP contribution in [-0.2, 0) is 10.0 Å². The molecule has 0 atom stereocenters. The quantitative estimate of drug-likeness (QED) is 0.442. The van der Waals surface area contributed by atoms with Gasteiger partial charge in [-0.15, -0.1) is 11.6 Å². The second-order valence-electron chi connectivity index (χ2n) is 3.75. The van der Waals surface area contributed by atoms with Gasteiger partial charge in [0.05, 0.1) is 12.4 Å². The summed E-state index contributed by atoms with van der Waals surface area (Å²) >= 11 is 5.54. The first kappa shape index (κ1) is 16.2. The van der Waals surface area contributed by atoms with Gasteiger partial charge in [-0.25, -0.2) is 13.1 Å². The molecular weight excluding hydrogens is 250 g/mol. The zero-order valence-electron chi connectivity index (χ0n) is 9.62. The van der Waals surface area contributed by atoms with Gasteiger partial charge in [0.25, 0.3) is 0 Å². The molecule has 0 rings (SSSR count). The summed E-state index contributed by atoms with van der Waals surface area (Å²) in [6.45, 7) is -0.0459. The average molecular weight is 272 g/mol. The number of unbranched alkanes of at least 4 members (excludes halogenated alkanes) is 5. The Bertz CT molecular complexity index is 244. The average Bonchev–Trinajstić information content (AvgIpc) is 2.25. The Hall–Kier alpha value is 0.160. The molecule has 0 aliphatic heterocycles. The second-order valence-corrected chi connectivity index (χ2v) is 6.05. The van der Waals surface area contributed by atoms with Crippen LogP contribution in [-0.4, -0.2) is 38.3 Å². The third-order valence-electron chi connectivity index (χ3n) is 2.23. The van der Waals surface area contributed by atoms with Gasteiger partial charge in [-0.3, -0.25) is 0 Å². The van der Waals surface area contributed by atoms with Gasteiger partial charge in [-0.2, -0.15) is 0 Å². The largest absolute Gasteiger partial charge is 0.395 e. The second kappa shape index (κ2) is 10.3. The van der Waals surface area contributed by atoms with E-state index >= 15 is 0 Å². The summed E-state index contributed by atoms with van der Waals surface area (Å²) in [6.07, 6.45) is 5.96. The fourth-order valence-corrected chi connectivity index (χ4v) is 2.69. The fraction of sp³-hybridized carbons (Fsp3) is 1.00. The highest BCUT2D eigenvalue weighted by Gasteiger charge is 2.07. The van der Waals surface area contributed by atoms with Crippen molar-refractivity contribution >= 4 is 21.6 Å². The van der Waals surface area contributed by atoms with Gasteiger partial charge in [0.1, 0.15) is 0 Å². The van der Waals surface area contributed by atoms with Gasteiger partial charge in [-0.05, 0) is 12.8 Å². The van der Waals surface area contributed by atoms with Gasteiger partial charge in [0.2, 0.25) is 10.0 Å². The molecule has 0 radical (unpaired) electrons. The summed E-state index contributed by atoms with van der Waals surface area (Å²) in [5, 5.41) is 8.48. The van der Waals surface area contributed by atoms with Crippen molar-refractivity contribution in [2.75, 3.05) is 24.8 Å². The standard InChI is InChI=1S/C10H22ClNO3S/c11-7-5-3-1-2-4-6-10-16(14,15)12-8-9-13/h12-13H,1-10H2. The maximum absolute atomic E-state index is 11.3. The third-order valence-corrected chi connectivity index (χ3v) is 3.97. The normalized spacial score (nSPS) is 11.9. The van der Waals surface area contributed by atoms with Crippen molar-refractivity contribution in [1.29, 1.82) is 0 Å². The Balaban J connectivity index is 3.36. The van der Waals surface area contributed by atoms with Crippen molar-refractivity contribution < 1.29 is 13.5 Å². The summed E-state index contributed by atoms with van der Waals surface area (Å²) in [4.78, 5) is 0. The molecule has 0 heterocycles. The molecule has 0 amide bonds. The molecule has 98 valence electrons. The first-order valence-corrected chi connectivity index (χ1v) is 7.95. The fourth-order valence-electron chi connectivity index (χ4n) is 1.37. The molecule has 0 aromatic rings. The van der Waals surface area contributed by atoms with E-state index in [0.29, 0.717) is 12.3 Å². The molecule has 0 spiro atoms. The lowest BCUT2D eigenvalue weighted by Gasteiger charge is -2.04. The minimum Gasteiger partial charge on any atom is -0.395 e. The molecule has 0 bridgehead atoms. The topological polar surface area (TPSA) is 66.4 Å². The van der Waals surface area contributed by atoms with Crippen LogP contribution in [0.2, 0.25) is 0 Å². The molecule has 0 fully saturated rings. The molecule has 0 aliphatic rings. The smallest absolute Gasteiger partial charge is 0.211 e. The van der Waals surface area contributed by atoms with E-state index in [1.807, 2.05) is 0 Å². The molecule has 0 aromatic carbocycles. The highest BCUT2D eigenvalue weighted by atomic mass is 35.5. The lowest BCUT2D eigenvalue weighted by atomic mass is 10.1. The van der Waals surface area contributed by atoms with E-state index in [0.717, 1.165) is 32.1 Å². The van der Waals surface area contributed by atoms with Crippen molar-refractivity contribution in [3.63, 3.8) is 0 Å². The number of nitrogens with one attached hydrogen (secondary N) is 1. The summed E-state index contributed by atoms with van der Waals surface area (Å²) in [5.41, 5.74) is 0. The highest BCUT2D eigenvalue weighted by Crippen LogP contribution is 2.06. The number of aliphatic hydroxyl groups is 1. The van der Waals surface area contributed by atoms with Crippen LogP contribution < -0.4 is 4.72 Å². The highest BCUT2D eigenvalue weighted by molar-refractivity contribution is 7.89. The molecule has 0 aromatic heterocycles. The number of halogens is 1. The molecule has 0 saturated heterocycles. The van der Waals surface area contributed by atoms with E-state index < -0.39 is 10.0 Å². The maximum atomic E-state index is 11.3. The minimum atomic E-state index is -3.17. The van der Waals surface area contributed by atoms with Gasteiger partial charge in [0.15, 0.2) is 0 Å². The molecule has 6 heteroatoms. The molecule has 0 unspecified atom stereocenters. The number of hydrogen-bond acceptors (Lipinski definition) is 3. The van der Waals surface area contributed by atoms with Crippen molar-refractivity contribution in [3.8, 4) is 0 Å². The first-order chi connectivity index (χ1) is 7.62. The summed E-state index contributed by atoms with van der Waals surface area (Å²) in [5.74, 6) is 0.863. The monoisotopic (exact) mass is 271 g/mol. The van der Waals surface area contributed by atoms with Crippen molar-refractivity contribution in [1.82, 2.24) is 4.72 Å².